The molecule has 16 heavy (non-hydrogen) atoms. The number of hydrogen-bond acceptors (Lipinski definition) is 4. The SMILES string of the molecule is CCC[C@H](N)C(=O)N(C)Cc1csc(C)n1. The van der Waals surface area contributed by atoms with Crippen molar-refractivity contribution in [2.24, 2.45) is 5.73 Å². The molecule has 0 spiro atoms. The van der Waals surface area contributed by atoms with Gasteiger partial charge in [0.15, 0.2) is 0 Å². The lowest BCUT2D eigenvalue weighted by atomic mass is 10.1. The maximum absolute atomic E-state index is 11.8. The lowest BCUT2D eigenvalue weighted by Gasteiger charge is -2.20. The van der Waals surface area contributed by atoms with E-state index in [1.165, 1.54) is 0 Å². The van der Waals surface area contributed by atoms with Gasteiger partial charge >= 0.3 is 0 Å². The quantitative estimate of drug-likeness (QED) is 0.850. The van der Waals surface area contributed by atoms with E-state index in [0.717, 1.165) is 23.5 Å². The van der Waals surface area contributed by atoms with Crippen molar-refractivity contribution in [1.82, 2.24) is 9.88 Å². The lowest BCUT2D eigenvalue weighted by molar-refractivity contribution is -0.132. The monoisotopic (exact) mass is 241 g/mol. The summed E-state index contributed by atoms with van der Waals surface area (Å²) >= 11 is 1.60. The fourth-order valence-electron chi connectivity index (χ4n) is 1.52. The molecule has 1 atom stereocenters. The summed E-state index contributed by atoms with van der Waals surface area (Å²) in [4.78, 5) is 17.8. The van der Waals surface area contributed by atoms with E-state index < -0.39 is 0 Å². The van der Waals surface area contributed by atoms with Crippen molar-refractivity contribution < 1.29 is 4.79 Å². The maximum atomic E-state index is 11.8. The van der Waals surface area contributed by atoms with Gasteiger partial charge < -0.3 is 10.6 Å². The van der Waals surface area contributed by atoms with E-state index in [-0.39, 0.29) is 11.9 Å². The summed E-state index contributed by atoms with van der Waals surface area (Å²) in [5.74, 6) is -0.00694. The third-order valence-corrected chi connectivity index (χ3v) is 3.18. The van der Waals surface area contributed by atoms with Gasteiger partial charge in [-0.1, -0.05) is 13.3 Å². The molecule has 1 aromatic rings. The van der Waals surface area contributed by atoms with Gasteiger partial charge in [0.2, 0.25) is 5.91 Å². The van der Waals surface area contributed by atoms with Gasteiger partial charge in [-0.15, -0.1) is 11.3 Å². The number of likely N-dealkylation sites (N-methyl/N-ethyl adjacent to an activating group) is 1. The Labute approximate surface area is 100 Å². The summed E-state index contributed by atoms with van der Waals surface area (Å²) in [6.45, 7) is 4.52. The minimum Gasteiger partial charge on any atom is -0.338 e. The zero-order chi connectivity index (χ0) is 12.1. The van der Waals surface area contributed by atoms with E-state index in [9.17, 15) is 4.79 Å². The van der Waals surface area contributed by atoms with Crippen LogP contribution in [-0.2, 0) is 11.3 Å². The highest BCUT2D eigenvalue weighted by molar-refractivity contribution is 7.09. The largest absolute Gasteiger partial charge is 0.338 e. The number of aryl methyl sites for hydroxylation is 1. The normalized spacial score (nSPS) is 12.5. The molecule has 0 saturated carbocycles. The number of thiazole rings is 1. The number of aromatic nitrogens is 1. The second kappa shape index (κ2) is 5.96. The number of nitrogens with two attached hydrogens (primary N) is 1. The first-order valence-electron chi connectivity index (χ1n) is 5.46. The average Bonchev–Trinajstić information content (AvgIpc) is 2.63. The van der Waals surface area contributed by atoms with E-state index >= 15 is 0 Å². The van der Waals surface area contributed by atoms with Crippen LogP contribution in [0.1, 0.15) is 30.5 Å². The number of nitrogens with zero attached hydrogens (tertiary/aromatic N) is 2. The van der Waals surface area contributed by atoms with Crippen LogP contribution in [0.25, 0.3) is 0 Å². The van der Waals surface area contributed by atoms with E-state index in [4.69, 9.17) is 5.73 Å². The van der Waals surface area contributed by atoms with Crippen molar-refractivity contribution in [2.45, 2.75) is 39.3 Å². The lowest BCUT2D eigenvalue weighted by Crippen LogP contribution is -2.41. The van der Waals surface area contributed by atoms with Gasteiger partial charge in [-0.2, -0.15) is 0 Å². The molecule has 0 fully saturated rings. The average molecular weight is 241 g/mol. The van der Waals surface area contributed by atoms with Gasteiger partial charge in [0.1, 0.15) is 0 Å². The molecule has 0 radical (unpaired) electrons. The molecular formula is C11H19N3OS. The van der Waals surface area contributed by atoms with Gasteiger partial charge in [0.05, 0.1) is 23.3 Å². The molecule has 4 nitrogen and oxygen atoms in total. The standard InChI is InChI=1S/C11H19N3OS/c1-4-5-10(12)11(15)14(3)6-9-7-16-8(2)13-9/h7,10H,4-6,12H2,1-3H3/t10-/m0/s1. The Kier molecular flexibility index (Phi) is 4.89. The van der Waals surface area contributed by atoms with Crippen LogP contribution in [0.4, 0.5) is 0 Å². The van der Waals surface area contributed by atoms with E-state index in [2.05, 4.69) is 4.98 Å². The predicted octanol–water partition coefficient (Wildman–Crippen LogP) is 1.54. The fraction of sp³-hybridized carbons (Fsp3) is 0.636. The molecule has 5 heteroatoms. The van der Waals surface area contributed by atoms with Crippen molar-refractivity contribution in [3.63, 3.8) is 0 Å². The highest BCUT2D eigenvalue weighted by Gasteiger charge is 2.17. The van der Waals surface area contributed by atoms with Crippen LogP contribution in [0.3, 0.4) is 0 Å². The molecule has 1 rings (SSSR count). The van der Waals surface area contributed by atoms with Crippen LogP contribution in [0.15, 0.2) is 5.38 Å². The molecule has 2 N–H and O–H groups in total. The van der Waals surface area contributed by atoms with Crippen LogP contribution in [0.2, 0.25) is 0 Å². The Morgan fingerprint density at radius 3 is 2.88 bits per heavy atom. The number of rotatable bonds is 5. The Balaban J connectivity index is 2.51. The van der Waals surface area contributed by atoms with Crippen LogP contribution >= 0.6 is 11.3 Å². The molecule has 0 bridgehead atoms. The van der Waals surface area contributed by atoms with Crippen LogP contribution in [-0.4, -0.2) is 28.9 Å². The van der Waals surface area contributed by atoms with Crippen LogP contribution in [0, 0.1) is 6.92 Å². The second-order valence-corrected chi connectivity index (χ2v) is 5.01. The molecule has 90 valence electrons. The highest BCUT2D eigenvalue weighted by Crippen LogP contribution is 2.10. The molecule has 0 saturated heterocycles. The van der Waals surface area contributed by atoms with E-state index in [1.54, 1.807) is 23.3 Å². The summed E-state index contributed by atoms with van der Waals surface area (Å²) in [7, 11) is 1.77. The third-order valence-electron chi connectivity index (χ3n) is 2.36. The molecule has 1 heterocycles. The summed E-state index contributed by atoms with van der Waals surface area (Å²) in [6.07, 6.45) is 1.66. The molecule has 0 aromatic carbocycles. The Morgan fingerprint density at radius 1 is 1.69 bits per heavy atom. The fourth-order valence-corrected chi connectivity index (χ4v) is 2.12. The summed E-state index contributed by atoms with van der Waals surface area (Å²) < 4.78 is 0. The molecular weight excluding hydrogens is 222 g/mol. The van der Waals surface area contributed by atoms with Gasteiger partial charge in [-0.3, -0.25) is 4.79 Å². The molecule has 0 aliphatic rings. The zero-order valence-corrected chi connectivity index (χ0v) is 10.9. The minimum absolute atomic E-state index is 0.00694. The van der Waals surface area contributed by atoms with Crippen molar-refractivity contribution in [3.05, 3.63) is 16.1 Å². The van der Waals surface area contributed by atoms with E-state index in [0.29, 0.717) is 6.54 Å². The molecule has 0 unspecified atom stereocenters. The Morgan fingerprint density at radius 2 is 2.38 bits per heavy atom. The smallest absolute Gasteiger partial charge is 0.239 e. The van der Waals surface area contributed by atoms with Gasteiger partial charge in [0.25, 0.3) is 0 Å². The Bertz CT molecular complexity index is 351. The minimum atomic E-state index is -0.380. The van der Waals surface area contributed by atoms with Gasteiger partial charge in [-0.25, -0.2) is 4.98 Å². The van der Waals surface area contributed by atoms with Crippen LogP contribution < -0.4 is 5.73 Å². The topological polar surface area (TPSA) is 59.2 Å². The van der Waals surface area contributed by atoms with Crippen molar-refractivity contribution in [2.75, 3.05) is 7.05 Å². The first-order valence-corrected chi connectivity index (χ1v) is 6.34. The summed E-state index contributed by atoms with van der Waals surface area (Å²) in [5.41, 5.74) is 6.71. The number of hydrogen-bond donors (Lipinski definition) is 1. The van der Waals surface area contributed by atoms with Crippen molar-refractivity contribution in [3.8, 4) is 0 Å². The van der Waals surface area contributed by atoms with Crippen molar-refractivity contribution in [1.29, 1.82) is 0 Å². The predicted molar refractivity (Wildman–Crippen MR) is 66.2 cm³/mol. The number of carbonyl (C=O) groups excluding carboxylic acids is 1. The molecule has 0 aliphatic heterocycles. The van der Waals surface area contributed by atoms with E-state index in [1.807, 2.05) is 19.2 Å². The van der Waals surface area contributed by atoms with Gasteiger partial charge in [-0.05, 0) is 13.3 Å². The maximum Gasteiger partial charge on any atom is 0.239 e. The molecule has 1 amide bonds. The molecule has 1 aromatic heterocycles. The molecule has 0 aliphatic carbocycles. The zero-order valence-electron chi connectivity index (χ0n) is 10.1. The van der Waals surface area contributed by atoms with Crippen LogP contribution in [0.5, 0.6) is 0 Å². The van der Waals surface area contributed by atoms with Crippen molar-refractivity contribution >= 4 is 17.2 Å². The summed E-state index contributed by atoms with van der Waals surface area (Å²) in [6, 6.07) is -0.380. The first kappa shape index (κ1) is 13.1. The first-order chi connectivity index (χ1) is 7.54. The Hall–Kier alpha value is -0.940. The number of carbonyl (C=O) groups is 1. The summed E-state index contributed by atoms with van der Waals surface area (Å²) in [5, 5.41) is 3.00. The second-order valence-electron chi connectivity index (χ2n) is 3.95. The third kappa shape index (κ3) is 3.57. The van der Waals surface area contributed by atoms with Gasteiger partial charge in [0, 0.05) is 12.4 Å². The highest BCUT2D eigenvalue weighted by atomic mass is 32.1. The number of amides is 1.